The Morgan fingerprint density at radius 2 is 1.69 bits per heavy atom. The van der Waals surface area contributed by atoms with Crippen LogP contribution in [0.25, 0.3) is 0 Å². The lowest BCUT2D eigenvalue weighted by Crippen LogP contribution is -2.29. The van der Waals surface area contributed by atoms with Gasteiger partial charge in [0, 0.05) is 18.1 Å². The molecule has 0 unspecified atom stereocenters. The van der Waals surface area contributed by atoms with E-state index in [9.17, 15) is 27.2 Å². The number of ether oxygens (including phenoxy) is 5. The van der Waals surface area contributed by atoms with Crippen molar-refractivity contribution in [3.63, 3.8) is 0 Å². The smallest absolute Gasteiger partial charge is 0.387 e. The maximum Gasteiger partial charge on any atom is 0.387 e. The third kappa shape index (κ3) is 10.2. The molecule has 262 valence electrons. The van der Waals surface area contributed by atoms with Crippen LogP contribution in [-0.2, 0) is 25.8 Å². The van der Waals surface area contributed by atoms with Gasteiger partial charge in [-0.2, -0.15) is 25.3 Å². The molecule has 1 aliphatic rings. The molecule has 1 aliphatic carbocycles. The molecule has 1 heterocycles. The number of esters is 1. The van der Waals surface area contributed by atoms with Crippen LogP contribution in [0.3, 0.4) is 0 Å². The maximum absolute atomic E-state index is 13.9. The van der Waals surface area contributed by atoms with E-state index in [1.165, 1.54) is 62.4 Å². The standard InChI is InChI=1S/C32H35Cl2F2NO9S2/c1-42-26-9-7-22(13-29(26)43-2)48(40,41)18-21(10-11-47-3)31(38)45-28(14-23-24(33)15-37(39)16-25(23)34)20-6-8-27(46-32(35)36)30(12-20)44-17-19-4-5-19/h6-9,12-13,15-16,19,21,28,32H,4-5,10-11,14,17-18H2,1-3H3/t21-,28-/m0/s1. The summed E-state index contributed by atoms with van der Waals surface area (Å²) in [5, 5.41) is 11.9. The highest BCUT2D eigenvalue weighted by Crippen LogP contribution is 2.38. The molecule has 10 nitrogen and oxygen atoms in total. The zero-order chi connectivity index (χ0) is 35.0. The number of hydrogen-bond donors (Lipinski definition) is 0. The molecule has 1 saturated carbocycles. The van der Waals surface area contributed by atoms with E-state index < -0.39 is 40.2 Å². The van der Waals surface area contributed by atoms with Gasteiger partial charge in [0.25, 0.3) is 0 Å². The summed E-state index contributed by atoms with van der Waals surface area (Å²) >= 11 is 14.2. The summed E-state index contributed by atoms with van der Waals surface area (Å²) in [5.41, 5.74) is 0.586. The van der Waals surface area contributed by atoms with E-state index in [0.717, 1.165) is 25.2 Å². The number of methoxy groups -OCH3 is 2. The number of hydrogen-bond acceptors (Lipinski definition) is 10. The van der Waals surface area contributed by atoms with Crippen molar-refractivity contribution in [2.75, 3.05) is 38.6 Å². The van der Waals surface area contributed by atoms with Crippen LogP contribution in [0.1, 0.15) is 36.5 Å². The van der Waals surface area contributed by atoms with Crippen LogP contribution in [0.2, 0.25) is 10.0 Å². The molecule has 0 spiro atoms. The van der Waals surface area contributed by atoms with Crippen LogP contribution < -0.4 is 23.7 Å². The lowest BCUT2D eigenvalue weighted by molar-refractivity contribution is -0.605. The molecular formula is C32H35Cl2F2NO9S2. The van der Waals surface area contributed by atoms with Gasteiger partial charge in [0.1, 0.15) is 16.1 Å². The molecule has 0 radical (unpaired) electrons. The quantitative estimate of drug-likeness (QED) is 0.0788. The van der Waals surface area contributed by atoms with Gasteiger partial charge in [-0.3, -0.25) is 4.79 Å². The highest BCUT2D eigenvalue weighted by atomic mass is 35.5. The second-order valence-electron chi connectivity index (χ2n) is 11.0. The van der Waals surface area contributed by atoms with Crippen molar-refractivity contribution in [1.29, 1.82) is 0 Å². The molecule has 1 aromatic heterocycles. The molecule has 16 heteroatoms. The second kappa shape index (κ2) is 17.0. The Labute approximate surface area is 292 Å². The van der Waals surface area contributed by atoms with Gasteiger partial charge in [0.15, 0.2) is 45.2 Å². The minimum absolute atomic E-state index is 0.00336. The largest absolute Gasteiger partial charge is 0.619 e. The molecule has 4 rings (SSSR count). The monoisotopic (exact) mass is 749 g/mol. The molecular weight excluding hydrogens is 715 g/mol. The number of aromatic nitrogens is 1. The minimum atomic E-state index is -4.04. The molecule has 0 saturated heterocycles. The van der Waals surface area contributed by atoms with Gasteiger partial charge in [-0.05, 0) is 67.0 Å². The molecule has 1 fully saturated rings. The van der Waals surface area contributed by atoms with Crippen molar-refractivity contribution in [2.45, 2.75) is 43.3 Å². The van der Waals surface area contributed by atoms with Crippen molar-refractivity contribution in [3.8, 4) is 23.0 Å². The summed E-state index contributed by atoms with van der Waals surface area (Å²) in [6.45, 7) is -2.84. The summed E-state index contributed by atoms with van der Waals surface area (Å²) < 4.78 is 81.0. The molecule has 0 amide bonds. The number of sulfone groups is 1. The van der Waals surface area contributed by atoms with Crippen LogP contribution in [-0.4, -0.2) is 59.6 Å². The molecule has 2 atom stereocenters. The van der Waals surface area contributed by atoms with E-state index in [1.807, 2.05) is 6.26 Å². The highest BCUT2D eigenvalue weighted by molar-refractivity contribution is 7.98. The fraction of sp³-hybridized carbons (Fsp3) is 0.438. The number of pyridine rings is 1. The number of thioether (sulfide) groups is 1. The average molecular weight is 751 g/mol. The van der Waals surface area contributed by atoms with Crippen molar-refractivity contribution < 1.29 is 50.4 Å². The van der Waals surface area contributed by atoms with E-state index in [0.29, 0.717) is 21.8 Å². The van der Waals surface area contributed by atoms with Gasteiger partial charge in [-0.25, -0.2) is 8.42 Å². The van der Waals surface area contributed by atoms with Crippen LogP contribution >= 0.6 is 35.0 Å². The maximum atomic E-state index is 13.9. The summed E-state index contributed by atoms with van der Waals surface area (Å²) in [4.78, 5) is 13.8. The van der Waals surface area contributed by atoms with Crippen molar-refractivity contribution in [3.05, 3.63) is 75.2 Å². The van der Waals surface area contributed by atoms with E-state index in [1.54, 1.807) is 0 Å². The summed E-state index contributed by atoms with van der Waals surface area (Å²) in [6.07, 6.45) is 4.75. The highest BCUT2D eigenvalue weighted by Gasteiger charge is 2.32. The van der Waals surface area contributed by atoms with Gasteiger partial charge in [0.05, 0.1) is 37.4 Å². The number of carbonyl (C=O) groups excluding carboxylic acids is 1. The van der Waals surface area contributed by atoms with E-state index in [2.05, 4.69) is 4.74 Å². The van der Waals surface area contributed by atoms with Gasteiger partial charge in [0.2, 0.25) is 0 Å². The number of halogens is 4. The Kier molecular flexibility index (Phi) is 13.3. The second-order valence-corrected chi connectivity index (χ2v) is 14.9. The number of rotatable bonds is 18. The molecule has 0 aliphatic heterocycles. The first-order valence-corrected chi connectivity index (χ1v) is 18.6. The van der Waals surface area contributed by atoms with E-state index in [4.69, 9.17) is 42.1 Å². The Balaban J connectivity index is 1.69. The van der Waals surface area contributed by atoms with E-state index >= 15 is 0 Å². The molecule has 2 aromatic carbocycles. The molecule has 0 N–H and O–H groups in total. The Hall–Kier alpha value is -3.20. The summed E-state index contributed by atoms with van der Waals surface area (Å²) in [5.74, 6) is -1.42. The zero-order valence-electron chi connectivity index (χ0n) is 26.3. The normalized spacial score (nSPS) is 14.3. The van der Waals surface area contributed by atoms with Gasteiger partial charge in [-0.1, -0.05) is 29.3 Å². The predicted octanol–water partition coefficient (Wildman–Crippen LogP) is 6.70. The Morgan fingerprint density at radius 3 is 2.29 bits per heavy atom. The van der Waals surface area contributed by atoms with Crippen LogP contribution in [0, 0.1) is 17.0 Å². The van der Waals surface area contributed by atoms with Crippen molar-refractivity contribution >= 4 is 50.8 Å². The minimum Gasteiger partial charge on any atom is -0.619 e. The Morgan fingerprint density at radius 1 is 1.02 bits per heavy atom. The third-order valence-corrected chi connectivity index (χ3v) is 10.7. The average Bonchev–Trinajstić information content (AvgIpc) is 3.87. The Bertz CT molecular complexity index is 1670. The van der Waals surface area contributed by atoms with Gasteiger partial charge >= 0.3 is 12.6 Å². The van der Waals surface area contributed by atoms with Crippen LogP contribution in [0.15, 0.2) is 53.7 Å². The SMILES string of the molecule is COc1ccc(S(=O)(=O)C[C@H](CCSC)C(=O)O[C@@H](Cc2c(Cl)c[n+]([O-])cc2Cl)c2ccc(OC(F)F)c(OCC3CC3)c2)cc1OC. The summed E-state index contributed by atoms with van der Waals surface area (Å²) in [7, 11) is -1.23. The fourth-order valence-electron chi connectivity index (χ4n) is 4.80. The first-order chi connectivity index (χ1) is 22.8. The first-order valence-electron chi connectivity index (χ1n) is 14.8. The zero-order valence-corrected chi connectivity index (χ0v) is 29.5. The number of benzene rings is 2. The fourth-order valence-corrected chi connectivity index (χ4v) is 7.50. The summed E-state index contributed by atoms with van der Waals surface area (Å²) in [6, 6.07) is 8.27. The van der Waals surface area contributed by atoms with Gasteiger partial charge in [-0.15, -0.1) is 0 Å². The molecule has 0 bridgehead atoms. The number of nitrogens with zero attached hydrogens (tertiary/aromatic N) is 1. The van der Waals surface area contributed by atoms with Gasteiger partial charge < -0.3 is 28.9 Å². The topological polar surface area (TPSA) is 124 Å². The lowest BCUT2D eigenvalue weighted by Gasteiger charge is -2.24. The van der Waals surface area contributed by atoms with Crippen molar-refractivity contribution in [1.82, 2.24) is 0 Å². The molecule has 3 aromatic rings. The molecule has 48 heavy (non-hydrogen) atoms. The van der Waals surface area contributed by atoms with E-state index in [-0.39, 0.29) is 63.1 Å². The first kappa shape index (κ1) is 37.6. The number of alkyl halides is 2. The number of carbonyl (C=O) groups is 1. The van der Waals surface area contributed by atoms with Crippen LogP contribution in [0.4, 0.5) is 8.78 Å². The third-order valence-electron chi connectivity index (χ3n) is 7.57. The predicted molar refractivity (Wildman–Crippen MR) is 177 cm³/mol. The van der Waals surface area contributed by atoms with Crippen molar-refractivity contribution in [2.24, 2.45) is 11.8 Å². The van der Waals surface area contributed by atoms with Crippen LogP contribution in [0.5, 0.6) is 23.0 Å². The lowest BCUT2D eigenvalue weighted by atomic mass is 10.0.